The molecule has 5 nitrogen and oxygen atoms in total. The molecule has 1 aromatic carbocycles. The first kappa shape index (κ1) is 13.1. The Hall–Kier alpha value is -2.32. The van der Waals surface area contributed by atoms with E-state index in [-0.39, 0.29) is 18.1 Å². The Morgan fingerprint density at radius 3 is 2.95 bits per heavy atom. The molecular weight excluding hydrogens is 264 g/mol. The predicted octanol–water partition coefficient (Wildman–Crippen LogP) is 1.25. The van der Waals surface area contributed by atoms with Crippen LogP contribution in [0.2, 0.25) is 5.02 Å². The number of rotatable bonds is 2. The molecule has 1 amide bonds. The van der Waals surface area contributed by atoms with Gasteiger partial charge in [0.2, 0.25) is 0 Å². The molecule has 6 heteroatoms. The van der Waals surface area contributed by atoms with Crippen LogP contribution in [-0.2, 0) is 7.05 Å². The van der Waals surface area contributed by atoms with Gasteiger partial charge in [0, 0.05) is 12.6 Å². The molecule has 19 heavy (non-hydrogen) atoms. The first-order valence-electron chi connectivity index (χ1n) is 5.55. The molecule has 0 aliphatic heterocycles. The van der Waals surface area contributed by atoms with E-state index in [0.29, 0.717) is 5.02 Å². The summed E-state index contributed by atoms with van der Waals surface area (Å²) >= 11 is 5.95. The molecular formula is C13H11ClN4O. The van der Waals surface area contributed by atoms with E-state index in [1.807, 2.05) is 18.2 Å². The lowest BCUT2D eigenvalue weighted by Crippen LogP contribution is -2.23. The molecule has 1 aromatic heterocycles. The minimum Gasteiger partial charge on any atom is -0.340 e. The van der Waals surface area contributed by atoms with Crippen molar-refractivity contribution in [3.8, 4) is 11.8 Å². The Morgan fingerprint density at radius 2 is 2.26 bits per heavy atom. The Labute approximate surface area is 115 Å². The van der Waals surface area contributed by atoms with Crippen LogP contribution in [0.5, 0.6) is 0 Å². The molecule has 0 saturated carbocycles. The van der Waals surface area contributed by atoms with E-state index in [4.69, 9.17) is 11.6 Å². The van der Waals surface area contributed by atoms with Gasteiger partial charge in [0.15, 0.2) is 5.69 Å². The summed E-state index contributed by atoms with van der Waals surface area (Å²) < 4.78 is 1.46. The number of nitrogens with zero attached hydrogens (tertiary/aromatic N) is 3. The van der Waals surface area contributed by atoms with Crippen molar-refractivity contribution in [2.45, 2.75) is 0 Å². The number of aromatic nitrogens is 3. The van der Waals surface area contributed by atoms with Crippen LogP contribution in [0.15, 0.2) is 30.5 Å². The van der Waals surface area contributed by atoms with Gasteiger partial charge in [0.05, 0.1) is 17.8 Å². The summed E-state index contributed by atoms with van der Waals surface area (Å²) in [4.78, 5) is 11.6. The van der Waals surface area contributed by atoms with Gasteiger partial charge in [-0.05, 0) is 12.1 Å². The van der Waals surface area contributed by atoms with E-state index in [0.717, 1.165) is 5.56 Å². The van der Waals surface area contributed by atoms with Gasteiger partial charge in [0.25, 0.3) is 5.91 Å². The molecule has 0 spiro atoms. The Balaban J connectivity index is 1.91. The maximum atomic E-state index is 11.6. The Bertz CT molecular complexity index is 654. The standard InChI is InChI=1S/C13H11ClN4O/c1-18-9-12(16-17-18)13(19)15-8-4-6-10-5-2-3-7-11(10)14/h2-3,5,7,9H,8H2,1H3,(H,15,19). The number of hydrogen-bond donors (Lipinski definition) is 1. The maximum absolute atomic E-state index is 11.6. The van der Waals surface area contributed by atoms with Gasteiger partial charge in [-0.1, -0.05) is 40.8 Å². The van der Waals surface area contributed by atoms with Gasteiger partial charge in [-0.2, -0.15) is 0 Å². The predicted molar refractivity (Wildman–Crippen MR) is 71.7 cm³/mol. The van der Waals surface area contributed by atoms with Crippen LogP contribution in [0.3, 0.4) is 0 Å². The lowest BCUT2D eigenvalue weighted by molar-refractivity contribution is 0.0953. The van der Waals surface area contributed by atoms with Crippen molar-refractivity contribution in [3.05, 3.63) is 46.7 Å². The fraction of sp³-hybridized carbons (Fsp3) is 0.154. The topological polar surface area (TPSA) is 59.8 Å². The normalized spacial score (nSPS) is 9.58. The van der Waals surface area contributed by atoms with Crippen molar-refractivity contribution < 1.29 is 4.79 Å². The van der Waals surface area contributed by atoms with Crippen LogP contribution in [0, 0.1) is 11.8 Å². The van der Waals surface area contributed by atoms with Gasteiger partial charge in [0.1, 0.15) is 0 Å². The summed E-state index contributed by atoms with van der Waals surface area (Å²) in [6.45, 7) is 0.223. The number of halogens is 1. The smallest absolute Gasteiger partial charge is 0.274 e. The monoisotopic (exact) mass is 274 g/mol. The van der Waals surface area contributed by atoms with Gasteiger partial charge >= 0.3 is 0 Å². The Morgan fingerprint density at radius 1 is 1.47 bits per heavy atom. The molecule has 0 saturated heterocycles. The number of amides is 1. The van der Waals surface area contributed by atoms with Gasteiger partial charge in [-0.25, -0.2) is 0 Å². The van der Waals surface area contributed by atoms with Gasteiger partial charge in [-0.15, -0.1) is 5.10 Å². The second-order valence-corrected chi connectivity index (χ2v) is 4.15. The summed E-state index contributed by atoms with van der Waals surface area (Å²) in [7, 11) is 1.70. The van der Waals surface area contributed by atoms with Crippen LogP contribution in [0.1, 0.15) is 16.1 Å². The molecule has 1 heterocycles. The highest BCUT2D eigenvalue weighted by atomic mass is 35.5. The average molecular weight is 275 g/mol. The summed E-state index contributed by atoms with van der Waals surface area (Å²) in [5, 5.41) is 10.6. The quantitative estimate of drug-likeness (QED) is 0.839. The highest BCUT2D eigenvalue weighted by molar-refractivity contribution is 6.31. The summed E-state index contributed by atoms with van der Waals surface area (Å²) in [6, 6.07) is 7.28. The third kappa shape index (κ3) is 3.57. The number of hydrogen-bond acceptors (Lipinski definition) is 3. The first-order chi connectivity index (χ1) is 9.16. The molecule has 0 atom stereocenters. The maximum Gasteiger partial charge on any atom is 0.274 e. The van der Waals surface area contributed by atoms with Crippen molar-refractivity contribution in [2.75, 3.05) is 6.54 Å². The molecule has 0 aliphatic rings. The lowest BCUT2D eigenvalue weighted by Gasteiger charge is -1.96. The summed E-state index contributed by atoms with van der Waals surface area (Å²) in [5.41, 5.74) is 1.000. The van der Waals surface area contributed by atoms with E-state index < -0.39 is 0 Å². The average Bonchev–Trinajstić information content (AvgIpc) is 2.83. The van der Waals surface area contributed by atoms with Crippen molar-refractivity contribution in [2.24, 2.45) is 7.05 Å². The minimum atomic E-state index is -0.304. The van der Waals surface area contributed by atoms with E-state index >= 15 is 0 Å². The lowest BCUT2D eigenvalue weighted by atomic mass is 10.2. The third-order valence-electron chi connectivity index (χ3n) is 2.27. The second kappa shape index (κ2) is 6.03. The molecule has 0 unspecified atom stereocenters. The molecule has 0 radical (unpaired) electrons. The number of nitrogens with one attached hydrogen (secondary N) is 1. The minimum absolute atomic E-state index is 0.223. The molecule has 0 fully saturated rings. The van der Waals surface area contributed by atoms with Crippen molar-refractivity contribution in [3.63, 3.8) is 0 Å². The molecule has 0 bridgehead atoms. The van der Waals surface area contributed by atoms with E-state index in [9.17, 15) is 4.79 Å². The zero-order valence-corrected chi connectivity index (χ0v) is 11.0. The largest absolute Gasteiger partial charge is 0.340 e. The van der Waals surface area contributed by atoms with Crippen LogP contribution >= 0.6 is 11.6 Å². The summed E-state index contributed by atoms with van der Waals surface area (Å²) in [6.07, 6.45) is 1.54. The van der Waals surface area contributed by atoms with E-state index in [1.54, 1.807) is 13.1 Å². The molecule has 2 aromatic rings. The zero-order valence-electron chi connectivity index (χ0n) is 10.2. The zero-order chi connectivity index (χ0) is 13.7. The molecule has 96 valence electrons. The van der Waals surface area contributed by atoms with Gasteiger partial charge in [-0.3, -0.25) is 9.48 Å². The van der Waals surface area contributed by atoms with Crippen molar-refractivity contribution in [1.29, 1.82) is 0 Å². The van der Waals surface area contributed by atoms with Crippen molar-refractivity contribution in [1.82, 2.24) is 20.3 Å². The first-order valence-corrected chi connectivity index (χ1v) is 5.92. The molecule has 1 N–H and O–H groups in total. The Kier molecular flexibility index (Phi) is 4.16. The fourth-order valence-corrected chi connectivity index (χ4v) is 1.55. The van der Waals surface area contributed by atoms with Gasteiger partial charge < -0.3 is 5.32 Å². The van der Waals surface area contributed by atoms with Crippen LogP contribution < -0.4 is 5.32 Å². The van der Waals surface area contributed by atoms with E-state index in [1.165, 1.54) is 10.9 Å². The fourth-order valence-electron chi connectivity index (χ4n) is 1.37. The van der Waals surface area contributed by atoms with Crippen molar-refractivity contribution >= 4 is 17.5 Å². The highest BCUT2D eigenvalue weighted by Crippen LogP contribution is 2.12. The summed E-state index contributed by atoms with van der Waals surface area (Å²) in [5.74, 6) is 5.41. The SMILES string of the molecule is Cn1cc(C(=O)NCC#Cc2ccccc2Cl)nn1. The molecule has 0 aliphatic carbocycles. The second-order valence-electron chi connectivity index (χ2n) is 3.74. The van der Waals surface area contributed by atoms with Crippen LogP contribution in [-0.4, -0.2) is 27.4 Å². The number of carbonyl (C=O) groups is 1. The molecule has 2 rings (SSSR count). The highest BCUT2D eigenvalue weighted by Gasteiger charge is 2.07. The third-order valence-corrected chi connectivity index (χ3v) is 2.60. The van der Waals surface area contributed by atoms with Crippen LogP contribution in [0.25, 0.3) is 0 Å². The van der Waals surface area contributed by atoms with E-state index in [2.05, 4.69) is 27.5 Å². The number of benzene rings is 1. The number of carbonyl (C=O) groups excluding carboxylic acids is 1. The number of aryl methyl sites for hydroxylation is 1. The van der Waals surface area contributed by atoms with Crippen LogP contribution in [0.4, 0.5) is 0 Å².